The molecule has 0 saturated carbocycles. The zero-order chi connectivity index (χ0) is 11.1. The molecule has 0 spiro atoms. The molecule has 1 rings (SSSR count). The van der Waals surface area contributed by atoms with Crippen LogP contribution in [0.2, 0.25) is 0 Å². The van der Waals surface area contributed by atoms with E-state index in [0.717, 1.165) is 37.2 Å². The van der Waals surface area contributed by atoms with Crippen molar-refractivity contribution in [1.82, 2.24) is 5.32 Å². The number of hydrogen-bond donors (Lipinski definition) is 1. The summed E-state index contributed by atoms with van der Waals surface area (Å²) in [6.45, 7) is 3.97. The highest BCUT2D eigenvalue weighted by Gasteiger charge is 2.03. The molecule has 0 aliphatic carbocycles. The Kier molecular flexibility index (Phi) is 5.12. The third-order valence-electron chi connectivity index (χ3n) is 2.24. The summed E-state index contributed by atoms with van der Waals surface area (Å²) < 4.78 is 18.1. The number of methoxy groups -OCH3 is 1. The van der Waals surface area contributed by atoms with Crippen LogP contribution in [0.25, 0.3) is 0 Å². The van der Waals surface area contributed by atoms with Crippen molar-refractivity contribution in [3.63, 3.8) is 0 Å². The molecule has 0 bridgehead atoms. The van der Waals surface area contributed by atoms with Crippen LogP contribution in [0.1, 0.15) is 18.9 Å². The molecule has 0 amide bonds. The second kappa shape index (κ2) is 6.40. The van der Waals surface area contributed by atoms with Crippen molar-refractivity contribution < 1.29 is 9.13 Å². The van der Waals surface area contributed by atoms with Crippen molar-refractivity contribution >= 4 is 0 Å². The largest absolute Gasteiger partial charge is 0.496 e. The van der Waals surface area contributed by atoms with Gasteiger partial charge in [0, 0.05) is 0 Å². The van der Waals surface area contributed by atoms with Gasteiger partial charge in [0.2, 0.25) is 0 Å². The van der Waals surface area contributed by atoms with Gasteiger partial charge in [-0.1, -0.05) is 6.92 Å². The van der Waals surface area contributed by atoms with Gasteiger partial charge in [0.05, 0.1) is 7.11 Å². The van der Waals surface area contributed by atoms with Gasteiger partial charge in [0.1, 0.15) is 11.6 Å². The summed E-state index contributed by atoms with van der Waals surface area (Å²) in [5.74, 6) is 0.552. The first kappa shape index (κ1) is 12.0. The number of rotatable bonds is 6. The fourth-order valence-electron chi connectivity index (χ4n) is 1.47. The Balaban J connectivity index is 2.54. The van der Waals surface area contributed by atoms with E-state index in [4.69, 9.17) is 4.74 Å². The monoisotopic (exact) mass is 211 g/mol. The number of ether oxygens (including phenoxy) is 1. The van der Waals surface area contributed by atoms with E-state index in [9.17, 15) is 4.39 Å². The first-order chi connectivity index (χ1) is 7.27. The van der Waals surface area contributed by atoms with Gasteiger partial charge < -0.3 is 10.1 Å². The van der Waals surface area contributed by atoms with Crippen molar-refractivity contribution in [2.24, 2.45) is 0 Å². The average molecular weight is 211 g/mol. The predicted molar refractivity (Wildman–Crippen MR) is 59.8 cm³/mol. The standard InChI is InChI=1S/C12H18FNO/c1-3-7-14-8-6-10-9-11(13)4-5-12(10)15-2/h4-5,9,14H,3,6-8H2,1-2H3. The minimum Gasteiger partial charge on any atom is -0.496 e. The molecule has 0 aliphatic rings. The van der Waals surface area contributed by atoms with Crippen LogP contribution in [-0.2, 0) is 6.42 Å². The Hall–Kier alpha value is -1.09. The van der Waals surface area contributed by atoms with E-state index in [1.54, 1.807) is 13.2 Å². The molecule has 3 heteroatoms. The van der Waals surface area contributed by atoms with Crippen molar-refractivity contribution in [3.8, 4) is 5.75 Å². The molecular weight excluding hydrogens is 193 g/mol. The molecule has 0 aromatic heterocycles. The number of nitrogens with one attached hydrogen (secondary N) is 1. The average Bonchev–Trinajstić information content (AvgIpc) is 2.25. The van der Waals surface area contributed by atoms with Crippen LogP contribution >= 0.6 is 0 Å². The highest BCUT2D eigenvalue weighted by molar-refractivity contribution is 5.34. The highest BCUT2D eigenvalue weighted by atomic mass is 19.1. The quantitative estimate of drug-likeness (QED) is 0.729. The molecule has 0 atom stereocenters. The zero-order valence-corrected chi connectivity index (χ0v) is 9.35. The minimum absolute atomic E-state index is 0.207. The van der Waals surface area contributed by atoms with Crippen molar-refractivity contribution in [2.75, 3.05) is 20.2 Å². The first-order valence-corrected chi connectivity index (χ1v) is 5.31. The van der Waals surface area contributed by atoms with Gasteiger partial charge in [-0.25, -0.2) is 4.39 Å². The normalized spacial score (nSPS) is 10.3. The Labute approximate surface area is 90.4 Å². The zero-order valence-electron chi connectivity index (χ0n) is 9.35. The molecule has 0 aliphatic heterocycles. The molecule has 2 nitrogen and oxygen atoms in total. The van der Waals surface area contributed by atoms with Crippen molar-refractivity contribution in [2.45, 2.75) is 19.8 Å². The summed E-state index contributed by atoms with van der Waals surface area (Å²) in [6, 6.07) is 4.62. The Morgan fingerprint density at radius 1 is 1.33 bits per heavy atom. The van der Waals surface area contributed by atoms with Gasteiger partial charge in [-0.05, 0) is 49.7 Å². The maximum atomic E-state index is 13.0. The van der Waals surface area contributed by atoms with Crippen LogP contribution in [0.3, 0.4) is 0 Å². The fourth-order valence-corrected chi connectivity index (χ4v) is 1.47. The molecular formula is C12H18FNO. The summed E-state index contributed by atoms with van der Waals surface area (Å²) in [7, 11) is 1.61. The van der Waals surface area contributed by atoms with E-state index in [1.807, 2.05) is 0 Å². The first-order valence-electron chi connectivity index (χ1n) is 5.31. The predicted octanol–water partition coefficient (Wildman–Crippen LogP) is 2.38. The highest BCUT2D eigenvalue weighted by Crippen LogP contribution is 2.19. The number of hydrogen-bond acceptors (Lipinski definition) is 2. The lowest BCUT2D eigenvalue weighted by atomic mass is 10.1. The van der Waals surface area contributed by atoms with E-state index in [1.165, 1.54) is 12.1 Å². The SMILES string of the molecule is CCCNCCc1cc(F)ccc1OC. The molecule has 1 N–H and O–H groups in total. The van der Waals surface area contributed by atoms with Gasteiger partial charge in [-0.15, -0.1) is 0 Å². The van der Waals surface area contributed by atoms with Crippen molar-refractivity contribution in [1.29, 1.82) is 0 Å². The lowest BCUT2D eigenvalue weighted by Gasteiger charge is -2.08. The van der Waals surface area contributed by atoms with Gasteiger partial charge in [-0.3, -0.25) is 0 Å². The van der Waals surface area contributed by atoms with Crippen molar-refractivity contribution in [3.05, 3.63) is 29.6 Å². The van der Waals surface area contributed by atoms with Crippen LogP contribution < -0.4 is 10.1 Å². The van der Waals surface area contributed by atoms with E-state index in [2.05, 4.69) is 12.2 Å². The molecule has 84 valence electrons. The lowest BCUT2D eigenvalue weighted by Crippen LogP contribution is -2.18. The molecule has 0 saturated heterocycles. The number of halogens is 1. The van der Waals surface area contributed by atoms with Gasteiger partial charge in [0.15, 0.2) is 0 Å². The lowest BCUT2D eigenvalue weighted by molar-refractivity contribution is 0.407. The van der Waals surface area contributed by atoms with E-state index < -0.39 is 0 Å². The Morgan fingerprint density at radius 2 is 2.13 bits per heavy atom. The van der Waals surface area contributed by atoms with Crippen LogP contribution in [-0.4, -0.2) is 20.2 Å². The third-order valence-corrected chi connectivity index (χ3v) is 2.24. The maximum Gasteiger partial charge on any atom is 0.123 e. The fraction of sp³-hybridized carbons (Fsp3) is 0.500. The van der Waals surface area contributed by atoms with E-state index in [0.29, 0.717) is 0 Å². The van der Waals surface area contributed by atoms with Gasteiger partial charge in [0.25, 0.3) is 0 Å². The number of benzene rings is 1. The second-order valence-electron chi connectivity index (χ2n) is 3.46. The van der Waals surface area contributed by atoms with Crippen LogP contribution in [0, 0.1) is 5.82 Å². The summed E-state index contributed by atoms with van der Waals surface area (Å²) in [5.41, 5.74) is 0.918. The summed E-state index contributed by atoms with van der Waals surface area (Å²) in [4.78, 5) is 0. The summed E-state index contributed by atoms with van der Waals surface area (Å²) >= 11 is 0. The topological polar surface area (TPSA) is 21.3 Å². The molecule has 0 fully saturated rings. The maximum absolute atomic E-state index is 13.0. The van der Waals surface area contributed by atoms with Crippen LogP contribution in [0.5, 0.6) is 5.75 Å². The van der Waals surface area contributed by atoms with Crippen LogP contribution in [0.4, 0.5) is 4.39 Å². The third kappa shape index (κ3) is 3.88. The van der Waals surface area contributed by atoms with E-state index in [-0.39, 0.29) is 5.82 Å². The van der Waals surface area contributed by atoms with Gasteiger partial charge in [-0.2, -0.15) is 0 Å². The smallest absolute Gasteiger partial charge is 0.123 e. The molecule has 1 aromatic rings. The van der Waals surface area contributed by atoms with E-state index >= 15 is 0 Å². The second-order valence-corrected chi connectivity index (χ2v) is 3.46. The Morgan fingerprint density at radius 3 is 2.80 bits per heavy atom. The molecule has 0 unspecified atom stereocenters. The van der Waals surface area contributed by atoms with Gasteiger partial charge >= 0.3 is 0 Å². The van der Waals surface area contributed by atoms with Crippen LogP contribution in [0.15, 0.2) is 18.2 Å². The molecule has 0 radical (unpaired) electrons. The molecule has 1 aromatic carbocycles. The minimum atomic E-state index is -0.207. The molecule has 15 heavy (non-hydrogen) atoms. The molecule has 0 heterocycles. The Bertz CT molecular complexity index is 302. The summed E-state index contributed by atoms with van der Waals surface area (Å²) in [6.07, 6.45) is 1.90. The summed E-state index contributed by atoms with van der Waals surface area (Å²) in [5, 5.41) is 3.28.